The summed E-state index contributed by atoms with van der Waals surface area (Å²) in [5.41, 5.74) is 7.69. The molecule has 1 aromatic rings. The Hall–Kier alpha value is -1.39. The molecule has 0 bridgehead atoms. The zero-order chi connectivity index (χ0) is 13.7. The fraction of sp³-hybridized carbons (Fsp3) is 0.533. The van der Waals surface area contributed by atoms with Gasteiger partial charge in [-0.2, -0.15) is 0 Å². The van der Waals surface area contributed by atoms with Crippen molar-refractivity contribution in [1.82, 2.24) is 10.2 Å². The number of piperidine rings is 1. The molecule has 0 aliphatic carbocycles. The van der Waals surface area contributed by atoms with Gasteiger partial charge in [0, 0.05) is 19.1 Å². The average molecular weight is 261 g/mol. The van der Waals surface area contributed by atoms with Crippen molar-refractivity contribution in [3.05, 3.63) is 35.4 Å². The Bertz CT molecular complexity index is 416. The van der Waals surface area contributed by atoms with Gasteiger partial charge in [0.2, 0.25) is 5.91 Å². The van der Waals surface area contributed by atoms with Crippen molar-refractivity contribution >= 4 is 5.91 Å². The summed E-state index contributed by atoms with van der Waals surface area (Å²) in [5, 5.41) is 3.12. The highest BCUT2D eigenvalue weighted by atomic mass is 16.1. The predicted molar refractivity (Wildman–Crippen MR) is 76.7 cm³/mol. The fourth-order valence-corrected chi connectivity index (χ4v) is 2.54. The highest BCUT2D eigenvalue weighted by Crippen LogP contribution is 2.09. The number of nitrogens with zero attached hydrogens (tertiary/aromatic N) is 1. The number of benzene rings is 1. The number of nitrogens with one attached hydrogen (secondary N) is 1. The van der Waals surface area contributed by atoms with E-state index in [9.17, 15) is 4.79 Å². The minimum absolute atomic E-state index is 0.112. The van der Waals surface area contributed by atoms with E-state index in [-0.39, 0.29) is 5.91 Å². The second-order valence-electron chi connectivity index (χ2n) is 5.37. The molecule has 1 atom stereocenters. The van der Waals surface area contributed by atoms with E-state index < -0.39 is 0 Å². The molecule has 19 heavy (non-hydrogen) atoms. The Morgan fingerprint density at radius 1 is 1.37 bits per heavy atom. The van der Waals surface area contributed by atoms with Crippen LogP contribution in [0.2, 0.25) is 0 Å². The Morgan fingerprint density at radius 3 is 2.68 bits per heavy atom. The van der Waals surface area contributed by atoms with E-state index in [0.717, 1.165) is 37.1 Å². The molecule has 1 heterocycles. The first-order chi connectivity index (χ1) is 9.17. The maximum Gasteiger partial charge on any atom is 0.224 e. The Kier molecular flexibility index (Phi) is 4.93. The monoisotopic (exact) mass is 261 g/mol. The molecule has 1 unspecified atom stereocenters. The van der Waals surface area contributed by atoms with Gasteiger partial charge < -0.3 is 16.0 Å². The Morgan fingerprint density at radius 2 is 2.05 bits per heavy atom. The van der Waals surface area contributed by atoms with Gasteiger partial charge in [-0.1, -0.05) is 24.3 Å². The molecule has 4 heteroatoms. The highest BCUT2D eigenvalue weighted by Gasteiger charge is 2.18. The lowest BCUT2D eigenvalue weighted by atomic mass is 10.1. The van der Waals surface area contributed by atoms with Gasteiger partial charge >= 0.3 is 0 Å². The maximum absolute atomic E-state index is 12.0. The molecule has 1 aliphatic heterocycles. The van der Waals surface area contributed by atoms with Crippen LogP contribution in [0.1, 0.15) is 24.0 Å². The molecule has 104 valence electrons. The third kappa shape index (κ3) is 4.33. The Balaban J connectivity index is 1.83. The molecule has 4 nitrogen and oxygen atoms in total. The average Bonchev–Trinajstić information content (AvgIpc) is 2.39. The molecule has 1 amide bonds. The van der Waals surface area contributed by atoms with Crippen LogP contribution in [0.3, 0.4) is 0 Å². The number of hydrogen-bond acceptors (Lipinski definition) is 3. The van der Waals surface area contributed by atoms with Gasteiger partial charge in [-0.05, 0) is 37.6 Å². The largest absolute Gasteiger partial charge is 0.352 e. The third-order valence-corrected chi connectivity index (χ3v) is 3.61. The maximum atomic E-state index is 12.0. The quantitative estimate of drug-likeness (QED) is 0.846. The number of carbonyl (C=O) groups is 1. The summed E-state index contributed by atoms with van der Waals surface area (Å²) in [6.07, 6.45) is 2.69. The van der Waals surface area contributed by atoms with Crippen molar-refractivity contribution < 1.29 is 4.79 Å². The molecule has 1 saturated heterocycles. The van der Waals surface area contributed by atoms with Gasteiger partial charge in [0.15, 0.2) is 0 Å². The van der Waals surface area contributed by atoms with E-state index in [1.165, 1.54) is 0 Å². The van der Waals surface area contributed by atoms with Crippen LogP contribution in [0.4, 0.5) is 0 Å². The predicted octanol–water partition coefficient (Wildman–Crippen LogP) is 0.898. The van der Waals surface area contributed by atoms with E-state index in [1.807, 2.05) is 24.3 Å². The second kappa shape index (κ2) is 6.68. The lowest BCUT2D eigenvalue weighted by molar-refractivity contribution is -0.121. The molecule has 0 aromatic heterocycles. The summed E-state index contributed by atoms with van der Waals surface area (Å²) in [6, 6.07) is 8.23. The van der Waals surface area contributed by atoms with E-state index in [0.29, 0.717) is 19.0 Å². The summed E-state index contributed by atoms with van der Waals surface area (Å²) < 4.78 is 0. The van der Waals surface area contributed by atoms with Gasteiger partial charge in [0.05, 0.1) is 6.42 Å². The fourth-order valence-electron chi connectivity index (χ4n) is 2.54. The van der Waals surface area contributed by atoms with Gasteiger partial charge in [0.1, 0.15) is 0 Å². The van der Waals surface area contributed by atoms with E-state index in [2.05, 4.69) is 17.3 Å². The van der Waals surface area contributed by atoms with Gasteiger partial charge in [-0.15, -0.1) is 0 Å². The SMILES string of the molecule is CN1CCCC(NC(=O)Cc2ccc(CN)cc2)C1. The van der Waals surface area contributed by atoms with Crippen molar-refractivity contribution in [2.24, 2.45) is 5.73 Å². The smallest absolute Gasteiger partial charge is 0.224 e. The van der Waals surface area contributed by atoms with Gasteiger partial charge in [0.25, 0.3) is 0 Å². The van der Waals surface area contributed by atoms with Gasteiger partial charge in [-0.25, -0.2) is 0 Å². The molecule has 2 rings (SSSR count). The molecule has 0 radical (unpaired) electrons. The summed E-state index contributed by atoms with van der Waals surface area (Å²) >= 11 is 0. The van der Waals surface area contributed by atoms with Crippen molar-refractivity contribution in [3.8, 4) is 0 Å². The summed E-state index contributed by atoms with van der Waals surface area (Å²) in [4.78, 5) is 14.3. The summed E-state index contributed by atoms with van der Waals surface area (Å²) in [7, 11) is 2.10. The lowest BCUT2D eigenvalue weighted by Crippen LogP contribution is -2.46. The minimum Gasteiger partial charge on any atom is -0.352 e. The van der Waals surface area contributed by atoms with Crippen LogP contribution < -0.4 is 11.1 Å². The summed E-state index contributed by atoms with van der Waals surface area (Å²) in [5.74, 6) is 0.112. The molecular weight excluding hydrogens is 238 g/mol. The molecule has 1 aliphatic rings. The normalized spacial score (nSPS) is 20.2. The zero-order valence-electron chi connectivity index (χ0n) is 11.6. The molecule has 3 N–H and O–H groups in total. The molecule has 0 spiro atoms. The van der Waals surface area contributed by atoms with Crippen molar-refractivity contribution in [1.29, 1.82) is 0 Å². The van der Waals surface area contributed by atoms with Crippen LogP contribution in [-0.2, 0) is 17.8 Å². The summed E-state index contributed by atoms with van der Waals surface area (Å²) in [6.45, 7) is 2.63. The van der Waals surface area contributed by atoms with Crippen LogP contribution in [0.15, 0.2) is 24.3 Å². The van der Waals surface area contributed by atoms with Crippen LogP contribution in [0, 0.1) is 0 Å². The van der Waals surface area contributed by atoms with Gasteiger partial charge in [-0.3, -0.25) is 4.79 Å². The lowest BCUT2D eigenvalue weighted by Gasteiger charge is -2.30. The second-order valence-corrected chi connectivity index (χ2v) is 5.37. The molecule has 0 saturated carbocycles. The molecular formula is C15H23N3O. The number of hydrogen-bond donors (Lipinski definition) is 2. The highest BCUT2D eigenvalue weighted by molar-refractivity contribution is 5.78. The van der Waals surface area contributed by atoms with Crippen LogP contribution in [0.25, 0.3) is 0 Å². The first kappa shape index (κ1) is 14.0. The molecule has 1 fully saturated rings. The number of nitrogens with two attached hydrogens (primary N) is 1. The van der Waals surface area contributed by atoms with E-state index >= 15 is 0 Å². The number of likely N-dealkylation sites (N-methyl/N-ethyl adjacent to an activating group) is 1. The first-order valence-corrected chi connectivity index (χ1v) is 6.93. The number of amides is 1. The van der Waals surface area contributed by atoms with Crippen molar-refractivity contribution in [2.45, 2.75) is 31.8 Å². The third-order valence-electron chi connectivity index (χ3n) is 3.61. The molecule has 1 aromatic carbocycles. The van der Waals surface area contributed by atoms with Crippen molar-refractivity contribution in [3.63, 3.8) is 0 Å². The van der Waals surface area contributed by atoms with Crippen LogP contribution in [-0.4, -0.2) is 37.0 Å². The van der Waals surface area contributed by atoms with Crippen molar-refractivity contribution in [2.75, 3.05) is 20.1 Å². The van der Waals surface area contributed by atoms with E-state index in [1.54, 1.807) is 0 Å². The minimum atomic E-state index is 0.112. The van der Waals surface area contributed by atoms with Crippen LogP contribution >= 0.6 is 0 Å². The topological polar surface area (TPSA) is 58.4 Å². The number of rotatable bonds is 4. The van der Waals surface area contributed by atoms with Crippen LogP contribution in [0.5, 0.6) is 0 Å². The van der Waals surface area contributed by atoms with E-state index in [4.69, 9.17) is 5.73 Å². The first-order valence-electron chi connectivity index (χ1n) is 6.93. The number of likely N-dealkylation sites (tertiary alicyclic amines) is 1. The Labute approximate surface area is 115 Å². The number of carbonyl (C=O) groups excluding carboxylic acids is 1. The standard InChI is InChI=1S/C15H23N3O/c1-18-8-2-3-14(11-18)17-15(19)9-12-4-6-13(10-16)7-5-12/h4-7,14H,2-3,8-11,16H2,1H3,(H,17,19). The zero-order valence-corrected chi connectivity index (χ0v) is 11.6.